The second kappa shape index (κ2) is 7.26. The number of hydrogen-bond acceptors (Lipinski definition) is 5. The van der Waals surface area contributed by atoms with Gasteiger partial charge in [0.1, 0.15) is 11.9 Å². The molecular weight excluding hydrogens is 298 g/mol. The summed E-state index contributed by atoms with van der Waals surface area (Å²) in [5.41, 5.74) is 0. The fourth-order valence-corrected chi connectivity index (χ4v) is 3.12. The summed E-state index contributed by atoms with van der Waals surface area (Å²) >= 11 is 1.54. The van der Waals surface area contributed by atoms with Gasteiger partial charge in [-0.15, -0.1) is 11.8 Å². The molecule has 1 aliphatic rings. The van der Waals surface area contributed by atoms with E-state index < -0.39 is 0 Å². The van der Waals surface area contributed by atoms with E-state index in [4.69, 9.17) is 4.74 Å². The molecule has 1 amide bonds. The first-order valence-electron chi connectivity index (χ1n) is 7.18. The number of hydrogen-bond donors (Lipinski definition) is 0. The van der Waals surface area contributed by atoms with Crippen molar-refractivity contribution in [3.05, 3.63) is 49.1 Å². The molecule has 1 saturated heterocycles. The Hall–Kier alpha value is -2.08. The smallest absolute Gasteiger partial charge is 0.233 e. The van der Waals surface area contributed by atoms with Crippen molar-refractivity contribution in [3.8, 4) is 5.75 Å². The van der Waals surface area contributed by atoms with Gasteiger partial charge in [0.15, 0.2) is 0 Å². The topological polar surface area (TPSA) is 55.3 Å². The number of amides is 1. The zero-order chi connectivity index (χ0) is 15.2. The normalized spacial score (nSPS) is 17.5. The molecule has 5 nitrogen and oxygen atoms in total. The van der Waals surface area contributed by atoms with Crippen LogP contribution in [0.25, 0.3) is 0 Å². The van der Waals surface area contributed by atoms with Gasteiger partial charge in [-0.05, 0) is 24.3 Å². The molecule has 0 saturated carbocycles. The average Bonchev–Trinajstić information content (AvgIpc) is 3.03. The zero-order valence-electron chi connectivity index (χ0n) is 12.1. The van der Waals surface area contributed by atoms with E-state index in [2.05, 4.69) is 9.97 Å². The first kappa shape index (κ1) is 14.8. The molecule has 0 spiro atoms. The Morgan fingerprint density at radius 2 is 1.86 bits per heavy atom. The van der Waals surface area contributed by atoms with Crippen molar-refractivity contribution in [2.45, 2.75) is 17.4 Å². The number of likely N-dealkylation sites (tertiary alicyclic amines) is 1. The van der Waals surface area contributed by atoms with Gasteiger partial charge in [0.25, 0.3) is 0 Å². The molecule has 1 fully saturated rings. The minimum absolute atomic E-state index is 0.0669. The van der Waals surface area contributed by atoms with Gasteiger partial charge in [-0.3, -0.25) is 14.8 Å². The van der Waals surface area contributed by atoms with Gasteiger partial charge in [0.2, 0.25) is 5.91 Å². The van der Waals surface area contributed by atoms with Crippen LogP contribution in [0.4, 0.5) is 0 Å². The number of rotatable bonds is 5. The predicted molar refractivity (Wildman–Crippen MR) is 84.8 cm³/mol. The number of carbonyl (C=O) groups excluding carboxylic acids is 1. The van der Waals surface area contributed by atoms with E-state index in [-0.39, 0.29) is 12.0 Å². The van der Waals surface area contributed by atoms with Crippen LogP contribution in [0.5, 0.6) is 5.75 Å². The second-order valence-corrected chi connectivity index (χ2v) is 6.07. The van der Waals surface area contributed by atoms with Crippen LogP contribution in [0.1, 0.15) is 6.42 Å². The van der Waals surface area contributed by atoms with Crippen LogP contribution in [-0.4, -0.2) is 45.7 Å². The number of aromatic nitrogens is 2. The highest BCUT2D eigenvalue weighted by molar-refractivity contribution is 8.00. The van der Waals surface area contributed by atoms with Crippen molar-refractivity contribution >= 4 is 17.7 Å². The van der Waals surface area contributed by atoms with Crippen LogP contribution in [-0.2, 0) is 4.79 Å². The Kier molecular flexibility index (Phi) is 4.90. The lowest BCUT2D eigenvalue weighted by Gasteiger charge is -2.17. The van der Waals surface area contributed by atoms with Gasteiger partial charge in [0, 0.05) is 42.6 Å². The fourth-order valence-electron chi connectivity index (χ4n) is 2.33. The molecule has 0 N–H and O–H groups in total. The number of thioether (sulfide) groups is 1. The predicted octanol–water partition coefficient (Wildman–Crippen LogP) is 2.25. The lowest BCUT2D eigenvalue weighted by atomic mass is 10.3. The Morgan fingerprint density at radius 3 is 2.59 bits per heavy atom. The molecule has 22 heavy (non-hydrogen) atoms. The van der Waals surface area contributed by atoms with E-state index in [1.807, 2.05) is 29.2 Å². The van der Waals surface area contributed by atoms with Gasteiger partial charge in [-0.1, -0.05) is 0 Å². The quantitative estimate of drug-likeness (QED) is 0.792. The van der Waals surface area contributed by atoms with Crippen molar-refractivity contribution in [3.63, 3.8) is 0 Å². The maximum atomic E-state index is 12.2. The summed E-state index contributed by atoms with van der Waals surface area (Å²) in [7, 11) is 0. The molecule has 1 aliphatic heterocycles. The van der Waals surface area contributed by atoms with Gasteiger partial charge in [0.05, 0.1) is 12.3 Å². The van der Waals surface area contributed by atoms with Gasteiger partial charge >= 0.3 is 0 Å². The van der Waals surface area contributed by atoms with Gasteiger partial charge < -0.3 is 9.64 Å². The standard InChI is InChI=1S/C16H17N3O2S/c20-16(12-22-15-3-8-18-9-4-15)19-10-5-14(11-19)21-13-1-6-17-7-2-13/h1-4,6-9,14H,5,10-12H2/t14-/m1/s1. The summed E-state index contributed by atoms with van der Waals surface area (Å²) in [6.07, 6.45) is 7.82. The van der Waals surface area contributed by atoms with Crippen molar-refractivity contribution in [1.82, 2.24) is 14.9 Å². The molecule has 114 valence electrons. The van der Waals surface area contributed by atoms with Crippen LogP contribution in [0.2, 0.25) is 0 Å². The highest BCUT2D eigenvalue weighted by Crippen LogP contribution is 2.20. The van der Waals surface area contributed by atoms with Crippen LogP contribution in [0.15, 0.2) is 53.9 Å². The first-order chi connectivity index (χ1) is 10.8. The highest BCUT2D eigenvalue weighted by atomic mass is 32.2. The third-order valence-corrected chi connectivity index (χ3v) is 4.46. The van der Waals surface area contributed by atoms with Crippen molar-refractivity contribution in [2.75, 3.05) is 18.8 Å². The third-order valence-electron chi connectivity index (χ3n) is 3.46. The molecule has 0 aromatic carbocycles. The van der Waals surface area contributed by atoms with Crippen molar-refractivity contribution < 1.29 is 9.53 Å². The van der Waals surface area contributed by atoms with E-state index >= 15 is 0 Å². The van der Waals surface area contributed by atoms with E-state index in [0.29, 0.717) is 12.3 Å². The fraction of sp³-hybridized carbons (Fsp3) is 0.312. The molecule has 2 aromatic rings. The molecule has 1 atom stereocenters. The molecule has 2 aromatic heterocycles. The zero-order valence-corrected chi connectivity index (χ0v) is 12.9. The average molecular weight is 315 g/mol. The maximum Gasteiger partial charge on any atom is 0.233 e. The molecule has 6 heteroatoms. The third kappa shape index (κ3) is 3.98. The van der Waals surface area contributed by atoms with E-state index in [0.717, 1.165) is 23.6 Å². The number of ether oxygens (including phenoxy) is 1. The lowest BCUT2D eigenvalue weighted by molar-refractivity contribution is -0.127. The number of pyridine rings is 2. The molecule has 0 bridgehead atoms. The maximum absolute atomic E-state index is 12.2. The summed E-state index contributed by atoms with van der Waals surface area (Å²) < 4.78 is 5.87. The molecule has 3 rings (SSSR count). The summed E-state index contributed by atoms with van der Waals surface area (Å²) in [4.78, 5) is 23.1. The van der Waals surface area contributed by atoms with Crippen molar-refractivity contribution in [2.24, 2.45) is 0 Å². The lowest BCUT2D eigenvalue weighted by Crippen LogP contribution is -2.32. The van der Waals surface area contributed by atoms with Crippen LogP contribution < -0.4 is 4.74 Å². The van der Waals surface area contributed by atoms with Crippen LogP contribution >= 0.6 is 11.8 Å². The second-order valence-electron chi connectivity index (χ2n) is 5.02. The van der Waals surface area contributed by atoms with Crippen molar-refractivity contribution in [1.29, 1.82) is 0 Å². The highest BCUT2D eigenvalue weighted by Gasteiger charge is 2.27. The Morgan fingerprint density at radius 1 is 1.18 bits per heavy atom. The minimum Gasteiger partial charge on any atom is -0.488 e. The Labute approximate surface area is 133 Å². The first-order valence-corrected chi connectivity index (χ1v) is 8.17. The van der Waals surface area contributed by atoms with Crippen LogP contribution in [0, 0.1) is 0 Å². The monoisotopic (exact) mass is 315 g/mol. The SMILES string of the molecule is O=C(CSc1ccncc1)N1CC[C@@H](Oc2ccncc2)C1. The Bertz CT molecular complexity index is 609. The largest absolute Gasteiger partial charge is 0.488 e. The number of carbonyl (C=O) groups is 1. The Balaban J connectivity index is 1.46. The van der Waals surface area contributed by atoms with E-state index in [1.54, 1.807) is 36.5 Å². The van der Waals surface area contributed by atoms with Crippen LogP contribution in [0.3, 0.4) is 0 Å². The van der Waals surface area contributed by atoms with E-state index in [1.165, 1.54) is 0 Å². The number of nitrogens with zero attached hydrogens (tertiary/aromatic N) is 3. The molecule has 3 heterocycles. The minimum atomic E-state index is 0.0669. The van der Waals surface area contributed by atoms with Gasteiger partial charge in [-0.2, -0.15) is 0 Å². The van der Waals surface area contributed by atoms with E-state index in [9.17, 15) is 4.79 Å². The summed E-state index contributed by atoms with van der Waals surface area (Å²) in [6, 6.07) is 7.50. The van der Waals surface area contributed by atoms with Gasteiger partial charge in [-0.25, -0.2) is 0 Å². The molecule has 0 unspecified atom stereocenters. The molecular formula is C16H17N3O2S. The molecule has 0 radical (unpaired) electrons. The summed E-state index contributed by atoms with van der Waals surface area (Å²) in [5.74, 6) is 1.41. The summed E-state index contributed by atoms with van der Waals surface area (Å²) in [6.45, 7) is 1.41. The summed E-state index contributed by atoms with van der Waals surface area (Å²) in [5, 5.41) is 0. The molecule has 0 aliphatic carbocycles.